The van der Waals surface area contributed by atoms with Crippen LogP contribution in [0.15, 0.2) is 66.7 Å². The predicted molar refractivity (Wildman–Crippen MR) is 148 cm³/mol. The molecule has 2 aliphatic rings. The third-order valence-electron chi connectivity index (χ3n) is 6.98. The lowest BCUT2D eigenvalue weighted by Gasteiger charge is -2.39. The smallest absolute Gasteiger partial charge is 0.227 e. The average molecular weight is 497 g/mol. The zero-order valence-corrected chi connectivity index (χ0v) is 21.4. The number of carbonyl (C=O) groups excluding carboxylic acids is 3. The summed E-state index contributed by atoms with van der Waals surface area (Å²) in [6.45, 7) is 5.17. The Morgan fingerprint density at radius 1 is 0.811 bits per heavy atom. The number of carbonyl (C=O) groups is 3. The van der Waals surface area contributed by atoms with E-state index >= 15 is 0 Å². The minimum atomic E-state index is -0.115. The number of hydrogen-bond donors (Lipinski definition) is 3. The van der Waals surface area contributed by atoms with Gasteiger partial charge in [0, 0.05) is 48.6 Å². The second-order valence-electron chi connectivity index (χ2n) is 10.0. The Kier molecular flexibility index (Phi) is 6.70. The number of rotatable bonds is 6. The highest BCUT2D eigenvalue weighted by atomic mass is 16.2. The van der Waals surface area contributed by atoms with Crippen LogP contribution in [0.25, 0.3) is 11.1 Å². The number of amides is 3. The van der Waals surface area contributed by atoms with Crippen LogP contribution in [0.3, 0.4) is 0 Å². The van der Waals surface area contributed by atoms with Gasteiger partial charge in [-0.2, -0.15) is 0 Å². The minimum Gasteiger partial charge on any atom is -0.378 e. The molecule has 5 rings (SSSR count). The highest BCUT2D eigenvalue weighted by Gasteiger charge is 2.33. The van der Waals surface area contributed by atoms with Crippen LogP contribution in [0.1, 0.15) is 51.6 Å². The van der Waals surface area contributed by atoms with Crippen molar-refractivity contribution in [1.82, 2.24) is 0 Å². The highest BCUT2D eigenvalue weighted by molar-refractivity contribution is 5.95. The van der Waals surface area contributed by atoms with Gasteiger partial charge in [-0.1, -0.05) is 18.2 Å². The fourth-order valence-electron chi connectivity index (χ4n) is 5.08. The normalized spacial score (nSPS) is 18.5. The molecule has 0 saturated heterocycles. The number of nitrogens with zero attached hydrogens (tertiary/aromatic N) is 1. The molecule has 3 amide bonds. The van der Waals surface area contributed by atoms with Crippen molar-refractivity contribution in [2.45, 2.75) is 52.1 Å². The van der Waals surface area contributed by atoms with Crippen molar-refractivity contribution in [1.29, 1.82) is 0 Å². The summed E-state index contributed by atoms with van der Waals surface area (Å²) in [4.78, 5) is 38.0. The molecule has 0 aromatic heterocycles. The van der Waals surface area contributed by atoms with E-state index in [4.69, 9.17) is 0 Å². The van der Waals surface area contributed by atoms with E-state index in [0.717, 1.165) is 58.7 Å². The molecule has 1 heterocycles. The molecule has 190 valence electrons. The van der Waals surface area contributed by atoms with Crippen LogP contribution < -0.4 is 20.9 Å². The van der Waals surface area contributed by atoms with Crippen LogP contribution in [0.4, 0.5) is 22.7 Å². The Balaban J connectivity index is 1.44. The Hall–Kier alpha value is -4.13. The first-order valence-electron chi connectivity index (χ1n) is 12.8. The van der Waals surface area contributed by atoms with Gasteiger partial charge in [-0.3, -0.25) is 14.4 Å². The van der Waals surface area contributed by atoms with E-state index in [0.29, 0.717) is 0 Å². The van der Waals surface area contributed by atoms with Crippen LogP contribution in [-0.4, -0.2) is 23.8 Å². The van der Waals surface area contributed by atoms with Crippen molar-refractivity contribution >= 4 is 40.5 Å². The molecule has 1 fully saturated rings. The lowest BCUT2D eigenvalue weighted by molar-refractivity contribution is -0.118. The van der Waals surface area contributed by atoms with Gasteiger partial charge in [0.2, 0.25) is 17.7 Å². The van der Waals surface area contributed by atoms with E-state index in [1.165, 1.54) is 6.92 Å². The first-order valence-corrected chi connectivity index (χ1v) is 12.8. The Labute approximate surface area is 217 Å². The molecule has 2 atom stereocenters. The molecule has 37 heavy (non-hydrogen) atoms. The molecular weight excluding hydrogens is 464 g/mol. The molecule has 3 aromatic carbocycles. The van der Waals surface area contributed by atoms with Gasteiger partial charge in [-0.25, -0.2) is 0 Å². The number of hydrogen-bond acceptors (Lipinski definition) is 4. The molecule has 0 radical (unpaired) electrons. The standard InChI is InChI=1S/C30H32N4O3/c1-18-15-28(32-24-10-12-25(13-11-24)33-30(37)21-7-8-21)27-17-23(9-14-29(27)34(18)20(3)36)22-5-4-6-26(16-22)31-19(2)35/h4-6,9-14,16-18,21,28,32H,7-8,15H2,1-3H3,(H,31,35)(H,33,37)/t18-,28+/m0/s1. The maximum absolute atomic E-state index is 12.5. The number of benzene rings is 3. The Bertz CT molecular complexity index is 1350. The molecule has 0 bridgehead atoms. The van der Waals surface area contributed by atoms with E-state index in [2.05, 4.69) is 28.9 Å². The monoisotopic (exact) mass is 496 g/mol. The SMILES string of the molecule is CC(=O)Nc1cccc(-c2ccc3c(c2)[C@H](Nc2ccc(NC(=O)C4CC4)cc2)C[C@H](C)N3C(C)=O)c1. The molecule has 7 nitrogen and oxygen atoms in total. The Morgan fingerprint density at radius 2 is 1.51 bits per heavy atom. The third-order valence-corrected chi connectivity index (χ3v) is 6.98. The average Bonchev–Trinajstić information content (AvgIpc) is 3.70. The van der Waals surface area contributed by atoms with Crippen LogP contribution in [0.5, 0.6) is 0 Å². The second kappa shape index (κ2) is 10.1. The second-order valence-corrected chi connectivity index (χ2v) is 10.0. The van der Waals surface area contributed by atoms with Crippen molar-refractivity contribution in [3.05, 3.63) is 72.3 Å². The predicted octanol–water partition coefficient (Wildman–Crippen LogP) is 5.96. The van der Waals surface area contributed by atoms with Gasteiger partial charge < -0.3 is 20.9 Å². The zero-order chi connectivity index (χ0) is 26.1. The van der Waals surface area contributed by atoms with E-state index in [1.54, 1.807) is 6.92 Å². The first-order chi connectivity index (χ1) is 17.8. The summed E-state index contributed by atoms with van der Waals surface area (Å²) >= 11 is 0. The summed E-state index contributed by atoms with van der Waals surface area (Å²) < 4.78 is 0. The first kappa shape index (κ1) is 24.6. The number of nitrogens with one attached hydrogen (secondary N) is 3. The van der Waals surface area contributed by atoms with Crippen molar-refractivity contribution < 1.29 is 14.4 Å². The molecule has 0 unspecified atom stereocenters. The summed E-state index contributed by atoms with van der Waals surface area (Å²) in [5.41, 5.74) is 6.42. The Morgan fingerprint density at radius 3 is 2.19 bits per heavy atom. The lowest BCUT2D eigenvalue weighted by Crippen LogP contribution is -2.43. The van der Waals surface area contributed by atoms with Crippen LogP contribution in [0, 0.1) is 5.92 Å². The van der Waals surface area contributed by atoms with Crippen molar-refractivity contribution in [3.63, 3.8) is 0 Å². The fourth-order valence-corrected chi connectivity index (χ4v) is 5.08. The maximum atomic E-state index is 12.5. The van der Waals surface area contributed by atoms with Gasteiger partial charge in [-0.15, -0.1) is 0 Å². The largest absolute Gasteiger partial charge is 0.378 e. The molecule has 1 saturated carbocycles. The van der Waals surface area contributed by atoms with Gasteiger partial charge in [0.15, 0.2) is 0 Å². The van der Waals surface area contributed by atoms with E-state index in [9.17, 15) is 14.4 Å². The van der Waals surface area contributed by atoms with Crippen LogP contribution in [-0.2, 0) is 14.4 Å². The minimum absolute atomic E-state index is 0.00835. The summed E-state index contributed by atoms with van der Waals surface area (Å²) in [5, 5.41) is 9.47. The number of anilines is 4. The summed E-state index contributed by atoms with van der Waals surface area (Å²) in [6.07, 6.45) is 2.70. The molecule has 3 aromatic rings. The van der Waals surface area contributed by atoms with Gasteiger partial charge in [0.1, 0.15) is 0 Å². The van der Waals surface area contributed by atoms with Crippen LogP contribution in [0.2, 0.25) is 0 Å². The molecular formula is C30H32N4O3. The molecule has 7 heteroatoms. The fraction of sp³-hybridized carbons (Fsp3) is 0.300. The topological polar surface area (TPSA) is 90.5 Å². The summed E-state index contributed by atoms with van der Waals surface area (Å²) in [6, 6.07) is 21.7. The number of fused-ring (bicyclic) bond motifs is 1. The van der Waals surface area contributed by atoms with E-state index in [1.807, 2.05) is 65.6 Å². The van der Waals surface area contributed by atoms with Crippen molar-refractivity contribution in [3.8, 4) is 11.1 Å². The van der Waals surface area contributed by atoms with Gasteiger partial charge >= 0.3 is 0 Å². The van der Waals surface area contributed by atoms with Crippen molar-refractivity contribution in [2.24, 2.45) is 5.92 Å². The quantitative estimate of drug-likeness (QED) is 0.393. The van der Waals surface area contributed by atoms with Crippen molar-refractivity contribution in [2.75, 3.05) is 20.9 Å². The molecule has 3 N–H and O–H groups in total. The van der Waals surface area contributed by atoms with E-state index < -0.39 is 0 Å². The van der Waals surface area contributed by atoms with Gasteiger partial charge in [0.05, 0.1) is 6.04 Å². The highest BCUT2D eigenvalue weighted by Crippen LogP contribution is 2.41. The third kappa shape index (κ3) is 5.50. The lowest BCUT2D eigenvalue weighted by atomic mass is 9.88. The van der Waals surface area contributed by atoms with E-state index in [-0.39, 0.29) is 35.7 Å². The molecule has 1 aliphatic carbocycles. The summed E-state index contributed by atoms with van der Waals surface area (Å²) in [7, 11) is 0. The molecule has 0 spiro atoms. The summed E-state index contributed by atoms with van der Waals surface area (Å²) in [5.74, 6) is 0.157. The zero-order valence-electron chi connectivity index (χ0n) is 21.4. The maximum Gasteiger partial charge on any atom is 0.227 e. The van der Waals surface area contributed by atoms with Gasteiger partial charge in [0.25, 0.3) is 0 Å². The van der Waals surface area contributed by atoms with Gasteiger partial charge in [-0.05, 0) is 91.4 Å². The van der Waals surface area contributed by atoms with Crippen LogP contribution >= 0.6 is 0 Å². The molecule has 1 aliphatic heterocycles.